The van der Waals surface area contributed by atoms with Crippen LogP contribution < -0.4 is 0 Å². The van der Waals surface area contributed by atoms with Gasteiger partial charge in [-0.2, -0.15) is 0 Å². The second-order valence-corrected chi connectivity index (χ2v) is 5.56. The maximum atomic E-state index is 11.5. The molecule has 0 radical (unpaired) electrons. The zero-order valence-corrected chi connectivity index (χ0v) is 11.3. The third-order valence-corrected chi connectivity index (χ3v) is 4.33. The highest BCUT2D eigenvalue weighted by Gasteiger charge is 2.44. The number of carbonyl (C=O) groups excluding carboxylic acids is 1. The highest BCUT2D eigenvalue weighted by atomic mass is 16.4. The second-order valence-electron chi connectivity index (χ2n) is 5.56. The average molecular weight is 260 g/mol. The van der Waals surface area contributed by atoms with Crippen molar-refractivity contribution in [2.24, 2.45) is 5.41 Å². The van der Waals surface area contributed by atoms with Gasteiger partial charge in [-0.1, -0.05) is 37.6 Å². The highest BCUT2D eigenvalue weighted by Crippen LogP contribution is 2.49. The molecular weight excluding hydrogens is 240 g/mol. The molecule has 1 aliphatic rings. The van der Waals surface area contributed by atoms with E-state index in [1.54, 1.807) is 0 Å². The van der Waals surface area contributed by atoms with Crippen LogP contribution in [0.4, 0.5) is 0 Å². The lowest BCUT2D eigenvalue weighted by atomic mass is 9.80. The van der Waals surface area contributed by atoms with Crippen LogP contribution in [0.3, 0.4) is 0 Å². The first-order valence-corrected chi connectivity index (χ1v) is 6.90. The predicted molar refractivity (Wildman–Crippen MR) is 73.4 cm³/mol. The number of hydrogen-bond donors (Lipinski definition) is 1. The SMILES string of the molecule is CCC[C@@]1(C(=O)O)CC[C@H](c2ccc(C=O)cc2)C1. The lowest BCUT2D eigenvalue weighted by Gasteiger charge is -2.23. The molecule has 1 fully saturated rings. The van der Waals surface area contributed by atoms with Crippen LogP contribution in [0.2, 0.25) is 0 Å². The molecule has 19 heavy (non-hydrogen) atoms. The van der Waals surface area contributed by atoms with Crippen molar-refractivity contribution in [3.05, 3.63) is 35.4 Å². The molecule has 0 saturated heterocycles. The van der Waals surface area contributed by atoms with Crippen LogP contribution >= 0.6 is 0 Å². The van der Waals surface area contributed by atoms with Gasteiger partial charge in [0, 0.05) is 5.56 Å². The van der Waals surface area contributed by atoms with Crippen molar-refractivity contribution in [1.82, 2.24) is 0 Å². The molecule has 0 bridgehead atoms. The molecule has 0 unspecified atom stereocenters. The van der Waals surface area contributed by atoms with Gasteiger partial charge in [-0.05, 0) is 37.2 Å². The van der Waals surface area contributed by atoms with E-state index < -0.39 is 11.4 Å². The number of aliphatic carboxylic acids is 1. The number of aldehydes is 1. The molecule has 1 aromatic rings. The standard InChI is InChI=1S/C16H20O3/c1-2-8-16(15(18)19)9-7-14(10-16)13-5-3-12(11-17)4-6-13/h3-6,11,14H,2,7-10H2,1H3,(H,18,19)/t14-,16+/m0/s1. The van der Waals surface area contributed by atoms with E-state index in [9.17, 15) is 14.7 Å². The first-order valence-electron chi connectivity index (χ1n) is 6.90. The number of carbonyl (C=O) groups is 2. The molecule has 2 atom stereocenters. The molecule has 102 valence electrons. The van der Waals surface area contributed by atoms with Gasteiger partial charge in [0.2, 0.25) is 0 Å². The number of carboxylic acids is 1. The van der Waals surface area contributed by atoms with Gasteiger partial charge >= 0.3 is 5.97 Å². The Morgan fingerprint density at radius 2 is 2.11 bits per heavy atom. The normalized spacial score (nSPS) is 26.3. The smallest absolute Gasteiger partial charge is 0.309 e. The molecule has 0 aromatic heterocycles. The molecule has 0 aliphatic heterocycles. The van der Waals surface area contributed by atoms with E-state index in [-0.39, 0.29) is 0 Å². The van der Waals surface area contributed by atoms with E-state index in [4.69, 9.17) is 0 Å². The molecule has 0 heterocycles. The largest absolute Gasteiger partial charge is 0.481 e. The van der Waals surface area contributed by atoms with Gasteiger partial charge in [-0.25, -0.2) is 0 Å². The molecule has 1 N–H and O–H groups in total. The van der Waals surface area contributed by atoms with Crippen molar-refractivity contribution >= 4 is 12.3 Å². The second kappa shape index (κ2) is 5.55. The van der Waals surface area contributed by atoms with Crippen molar-refractivity contribution in [3.8, 4) is 0 Å². The zero-order valence-electron chi connectivity index (χ0n) is 11.3. The third-order valence-electron chi connectivity index (χ3n) is 4.33. The van der Waals surface area contributed by atoms with Crippen molar-refractivity contribution in [1.29, 1.82) is 0 Å². The lowest BCUT2D eigenvalue weighted by molar-refractivity contribution is -0.149. The van der Waals surface area contributed by atoms with Crippen molar-refractivity contribution in [3.63, 3.8) is 0 Å². The fourth-order valence-electron chi connectivity index (χ4n) is 3.26. The number of benzene rings is 1. The van der Waals surface area contributed by atoms with Crippen LogP contribution in [-0.2, 0) is 4.79 Å². The van der Waals surface area contributed by atoms with Gasteiger partial charge in [0.1, 0.15) is 6.29 Å². The number of hydrogen-bond acceptors (Lipinski definition) is 2. The average Bonchev–Trinajstić information content (AvgIpc) is 2.85. The summed E-state index contributed by atoms with van der Waals surface area (Å²) < 4.78 is 0. The summed E-state index contributed by atoms with van der Waals surface area (Å²) in [5.41, 5.74) is 1.28. The van der Waals surface area contributed by atoms with Gasteiger partial charge in [-0.15, -0.1) is 0 Å². The molecule has 0 spiro atoms. The minimum atomic E-state index is -0.652. The summed E-state index contributed by atoms with van der Waals surface area (Å²) in [6.45, 7) is 2.04. The Balaban J connectivity index is 2.15. The molecule has 3 nitrogen and oxygen atoms in total. The van der Waals surface area contributed by atoms with Crippen LogP contribution in [-0.4, -0.2) is 17.4 Å². The molecular formula is C16H20O3. The van der Waals surface area contributed by atoms with E-state index in [2.05, 4.69) is 0 Å². The van der Waals surface area contributed by atoms with Gasteiger partial charge in [-0.3, -0.25) is 9.59 Å². The predicted octanol–water partition coefficient (Wildman–Crippen LogP) is 3.64. The summed E-state index contributed by atoms with van der Waals surface area (Å²) in [6, 6.07) is 7.53. The Morgan fingerprint density at radius 3 is 2.63 bits per heavy atom. The van der Waals surface area contributed by atoms with Gasteiger partial charge < -0.3 is 5.11 Å². The summed E-state index contributed by atoms with van der Waals surface area (Å²) in [6.07, 6.45) is 4.89. The Hall–Kier alpha value is -1.64. The van der Waals surface area contributed by atoms with E-state index >= 15 is 0 Å². The third kappa shape index (κ3) is 2.70. The summed E-state index contributed by atoms with van der Waals surface area (Å²) in [7, 11) is 0. The Bertz CT molecular complexity index is 463. The van der Waals surface area contributed by atoms with E-state index in [0.717, 1.165) is 44.0 Å². The summed E-state index contributed by atoms with van der Waals surface area (Å²) in [5, 5.41) is 9.50. The first-order chi connectivity index (χ1) is 9.11. The first kappa shape index (κ1) is 13.8. The van der Waals surface area contributed by atoms with Gasteiger partial charge in [0.25, 0.3) is 0 Å². The Labute approximate surface area is 113 Å². The fraction of sp³-hybridized carbons (Fsp3) is 0.500. The Morgan fingerprint density at radius 1 is 1.42 bits per heavy atom. The minimum Gasteiger partial charge on any atom is -0.481 e. The van der Waals surface area contributed by atoms with Crippen LogP contribution in [0.25, 0.3) is 0 Å². The lowest BCUT2D eigenvalue weighted by Crippen LogP contribution is -2.27. The van der Waals surface area contributed by atoms with Crippen molar-refractivity contribution in [2.45, 2.75) is 44.9 Å². The van der Waals surface area contributed by atoms with Crippen LogP contribution in [0, 0.1) is 5.41 Å². The molecule has 1 aliphatic carbocycles. The van der Waals surface area contributed by atoms with Gasteiger partial charge in [0.05, 0.1) is 5.41 Å². The molecule has 1 aromatic carbocycles. The molecule has 3 heteroatoms. The van der Waals surface area contributed by atoms with Crippen molar-refractivity contribution in [2.75, 3.05) is 0 Å². The fourth-order valence-corrected chi connectivity index (χ4v) is 3.26. The maximum Gasteiger partial charge on any atom is 0.309 e. The van der Waals surface area contributed by atoms with E-state index in [1.165, 1.54) is 0 Å². The monoisotopic (exact) mass is 260 g/mol. The highest BCUT2D eigenvalue weighted by molar-refractivity contribution is 5.76. The molecule has 2 rings (SSSR count). The van der Waals surface area contributed by atoms with E-state index in [0.29, 0.717) is 11.5 Å². The minimum absolute atomic E-state index is 0.309. The number of rotatable bonds is 5. The van der Waals surface area contributed by atoms with Crippen LogP contribution in [0.5, 0.6) is 0 Å². The zero-order chi connectivity index (χ0) is 13.9. The van der Waals surface area contributed by atoms with Crippen LogP contribution in [0.15, 0.2) is 24.3 Å². The van der Waals surface area contributed by atoms with Gasteiger partial charge in [0.15, 0.2) is 0 Å². The van der Waals surface area contributed by atoms with Crippen molar-refractivity contribution < 1.29 is 14.7 Å². The number of carboxylic acid groups (broad SMARTS) is 1. The summed E-state index contributed by atoms with van der Waals surface area (Å²) in [5.74, 6) is -0.343. The molecule has 1 saturated carbocycles. The Kier molecular flexibility index (Phi) is 4.03. The molecule has 0 amide bonds. The topological polar surface area (TPSA) is 54.4 Å². The maximum absolute atomic E-state index is 11.5. The summed E-state index contributed by atoms with van der Waals surface area (Å²) >= 11 is 0. The van der Waals surface area contributed by atoms with E-state index in [1.807, 2.05) is 31.2 Å². The van der Waals surface area contributed by atoms with Crippen LogP contribution in [0.1, 0.15) is 60.9 Å². The quantitative estimate of drug-likeness (QED) is 0.822. The summed E-state index contributed by atoms with van der Waals surface area (Å²) in [4.78, 5) is 22.2.